The van der Waals surface area contributed by atoms with E-state index in [-0.39, 0.29) is 24.2 Å². The molecule has 6 heteroatoms. The molecule has 0 aromatic heterocycles. The molecule has 1 heterocycles. The highest BCUT2D eigenvalue weighted by Crippen LogP contribution is 2.24. The molecule has 1 atom stereocenters. The Bertz CT molecular complexity index is 374. The molecule has 0 spiro atoms. The standard InChI is InChI=1S/C14H26N2O4/c1-13(2,3)16(9-11(17)18)12(19)15-10-6-7-20-14(4,5)8-10/h10H,6-9H2,1-5H3,(H,15,19)(H,17,18). The first kappa shape index (κ1) is 16.8. The number of ether oxygens (including phenoxy) is 1. The number of hydrogen-bond donors (Lipinski definition) is 2. The summed E-state index contributed by atoms with van der Waals surface area (Å²) in [6, 6.07) is -0.313. The summed E-state index contributed by atoms with van der Waals surface area (Å²) in [6.45, 7) is 9.75. The van der Waals surface area contributed by atoms with Gasteiger partial charge in [-0.25, -0.2) is 4.79 Å². The molecule has 1 aliphatic heterocycles. The van der Waals surface area contributed by atoms with Crippen molar-refractivity contribution in [2.24, 2.45) is 0 Å². The summed E-state index contributed by atoms with van der Waals surface area (Å²) in [7, 11) is 0. The lowest BCUT2D eigenvalue weighted by Gasteiger charge is -2.39. The van der Waals surface area contributed by atoms with Crippen LogP contribution in [0.3, 0.4) is 0 Å². The van der Waals surface area contributed by atoms with E-state index in [1.807, 2.05) is 34.6 Å². The van der Waals surface area contributed by atoms with Gasteiger partial charge in [0.05, 0.1) is 5.60 Å². The molecule has 0 saturated carbocycles. The smallest absolute Gasteiger partial charge is 0.323 e. The van der Waals surface area contributed by atoms with E-state index in [1.165, 1.54) is 4.90 Å². The average molecular weight is 286 g/mol. The first-order valence-electron chi connectivity index (χ1n) is 6.95. The molecule has 0 radical (unpaired) electrons. The molecule has 0 aromatic carbocycles. The molecule has 6 nitrogen and oxygen atoms in total. The van der Waals surface area contributed by atoms with Gasteiger partial charge in [-0.05, 0) is 47.5 Å². The topological polar surface area (TPSA) is 78.9 Å². The number of rotatable bonds is 3. The van der Waals surface area contributed by atoms with Crippen molar-refractivity contribution in [1.29, 1.82) is 0 Å². The highest BCUT2D eigenvalue weighted by molar-refractivity contribution is 5.81. The Kier molecular flexibility index (Phi) is 5.02. The number of aliphatic carboxylic acids is 1. The summed E-state index contributed by atoms with van der Waals surface area (Å²) in [5, 5.41) is 11.9. The lowest BCUT2D eigenvalue weighted by molar-refractivity contribution is -0.138. The summed E-state index contributed by atoms with van der Waals surface area (Å²) in [6.07, 6.45) is 1.48. The van der Waals surface area contributed by atoms with Crippen molar-refractivity contribution in [3.63, 3.8) is 0 Å². The maximum Gasteiger partial charge on any atom is 0.323 e. The van der Waals surface area contributed by atoms with Crippen molar-refractivity contribution in [2.75, 3.05) is 13.2 Å². The first-order chi connectivity index (χ1) is 9.01. The van der Waals surface area contributed by atoms with E-state index >= 15 is 0 Å². The predicted molar refractivity (Wildman–Crippen MR) is 75.7 cm³/mol. The van der Waals surface area contributed by atoms with Crippen molar-refractivity contribution in [2.45, 2.75) is 64.6 Å². The summed E-state index contributed by atoms with van der Waals surface area (Å²) in [5.74, 6) is -1.01. The molecule has 0 aromatic rings. The third kappa shape index (κ3) is 5.00. The summed E-state index contributed by atoms with van der Waals surface area (Å²) in [4.78, 5) is 24.6. The van der Waals surface area contributed by atoms with E-state index in [1.54, 1.807) is 0 Å². The fraction of sp³-hybridized carbons (Fsp3) is 0.857. The Hall–Kier alpha value is -1.30. The number of nitrogens with one attached hydrogen (secondary N) is 1. The number of carboxylic acid groups (broad SMARTS) is 1. The van der Waals surface area contributed by atoms with Gasteiger partial charge in [-0.2, -0.15) is 0 Å². The zero-order valence-electron chi connectivity index (χ0n) is 13.0. The van der Waals surface area contributed by atoms with Gasteiger partial charge < -0.3 is 20.1 Å². The van der Waals surface area contributed by atoms with Gasteiger partial charge in [0.25, 0.3) is 0 Å². The van der Waals surface area contributed by atoms with Crippen LogP contribution >= 0.6 is 0 Å². The van der Waals surface area contributed by atoms with Crippen molar-refractivity contribution in [3.05, 3.63) is 0 Å². The van der Waals surface area contributed by atoms with E-state index in [0.29, 0.717) is 6.61 Å². The second-order valence-corrected chi connectivity index (χ2v) is 6.90. The van der Waals surface area contributed by atoms with Crippen molar-refractivity contribution in [3.8, 4) is 0 Å². The van der Waals surface area contributed by atoms with E-state index in [0.717, 1.165) is 12.8 Å². The fourth-order valence-corrected chi connectivity index (χ4v) is 2.36. The van der Waals surface area contributed by atoms with Gasteiger partial charge in [-0.1, -0.05) is 0 Å². The van der Waals surface area contributed by atoms with Crippen molar-refractivity contribution < 1.29 is 19.4 Å². The Morgan fingerprint density at radius 1 is 1.40 bits per heavy atom. The van der Waals surface area contributed by atoms with Gasteiger partial charge in [0.15, 0.2) is 0 Å². The highest BCUT2D eigenvalue weighted by Gasteiger charge is 2.33. The van der Waals surface area contributed by atoms with E-state index in [9.17, 15) is 9.59 Å². The van der Waals surface area contributed by atoms with Gasteiger partial charge in [0, 0.05) is 18.2 Å². The lowest BCUT2D eigenvalue weighted by Crippen LogP contribution is -2.56. The molecule has 0 aliphatic carbocycles. The first-order valence-corrected chi connectivity index (χ1v) is 6.95. The second-order valence-electron chi connectivity index (χ2n) is 6.90. The van der Waals surface area contributed by atoms with Gasteiger partial charge >= 0.3 is 12.0 Å². The molecule has 1 unspecified atom stereocenters. The van der Waals surface area contributed by atoms with Crippen LogP contribution < -0.4 is 5.32 Å². The zero-order chi connectivity index (χ0) is 15.6. The molecular weight excluding hydrogens is 260 g/mol. The number of carbonyl (C=O) groups is 2. The molecule has 1 saturated heterocycles. The van der Waals surface area contributed by atoms with Gasteiger partial charge in [0.1, 0.15) is 6.54 Å². The van der Waals surface area contributed by atoms with Crippen LogP contribution in [0.5, 0.6) is 0 Å². The Labute approximate surface area is 120 Å². The molecule has 0 bridgehead atoms. The number of hydrogen-bond acceptors (Lipinski definition) is 3. The third-order valence-corrected chi connectivity index (χ3v) is 3.37. The largest absolute Gasteiger partial charge is 0.480 e. The van der Waals surface area contributed by atoms with E-state index < -0.39 is 11.5 Å². The van der Waals surface area contributed by atoms with Gasteiger partial charge in [-0.15, -0.1) is 0 Å². The maximum absolute atomic E-state index is 12.3. The minimum absolute atomic E-state index is 0.0184. The molecule has 20 heavy (non-hydrogen) atoms. The average Bonchev–Trinajstić information content (AvgIpc) is 2.22. The number of carbonyl (C=O) groups excluding carboxylic acids is 1. The van der Waals surface area contributed by atoms with Crippen LogP contribution in [-0.2, 0) is 9.53 Å². The molecule has 1 aliphatic rings. The minimum Gasteiger partial charge on any atom is -0.480 e. The lowest BCUT2D eigenvalue weighted by atomic mass is 9.94. The predicted octanol–water partition coefficient (Wildman–Crippen LogP) is 1.84. The molecular formula is C14H26N2O4. The minimum atomic E-state index is -1.01. The number of carboxylic acids is 1. The Morgan fingerprint density at radius 2 is 2.00 bits per heavy atom. The summed E-state index contributed by atoms with van der Waals surface area (Å²) >= 11 is 0. The van der Waals surface area contributed by atoms with Crippen LogP contribution in [0.15, 0.2) is 0 Å². The van der Waals surface area contributed by atoms with Crippen LogP contribution in [0.25, 0.3) is 0 Å². The number of nitrogens with zero attached hydrogens (tertiary/aromatic N) is 1. The molecule has 1 fully saturated rings. The fourth-order valence-electron chi connectivity index (χ4n) is 2.36. The SMILES string of the molecule is CC1(C)CC(NC(=O)N(CC(=O)O)C(C)(C)C)CCO1. The second kappa shape index (κ2) is 5.99. The number of urea groups is 1. The van der Waals surface area contributed by atoms with Crippen molar-refractivity contribution >= 4 is 12.0 Å². The van der Waals surface area contributed by atoms with Crippen LogP contribution in [0.1, 0.15) is 47.5 Å². The van der Waals surface area contributed by atoms with Crippen LogP contribution in [0, 0.1) is 0 Å². The maximum atomic E-state index is 12.3. The zero-order valence-corrected chi connectivity index (χ0v) is 13.0. The summed E-state index contributed by atoms with van der Waals surface area (Å²) in [5.41, 5.74) is -0.793. The third-order valence-electron chi connectivity index (χ3n) is 3.37. The normalized spacial score (nSPS) is 22.1. The van der Waals surface area contributed by atoms with Crippen LogP contribution in [0.4, 0.5) is 4.79 Å². The molecule has 116 valence electrons. The Balaban J connectivity index is 2.69. The highest BCUT2D eigenvalue weighted by atomic mass is 16.5. The number of amides is 2. The van der Waals surface area contributed by atoms with E-state index in [4.69, 9.17) is 9.84 Å². The van der Waals surface area contributed by atoms with E-state index in [2.05, 4.69) is 5.32 Å². The van der Waals surface area contributed by atoms with Crippen LogP contribution in [-0.4, -0.2) is 52.3 Å². The quantitative estimate of drug-likeness (QED) is 0.829. The molecule has 2 N–H and O–H groups in total. The van der Waals surface area contributed by atoms with Crippen molar-refractivity contribution in [1.82, 2.24) is 10.2 Å². The van der Waals surface area contributed by atoms with Gasteiger partial charge in [0.2, 0.25) is 0 Å². The van der Waals surface area contributed by atoms with Gasteiger partial charge in [-0.3, -0.25) is 4.79 Å². The Morgan fingerprint density at radius 3 is 2.45 bits per heavy atom. The monoisotopic (exact) mass is 286 g/mol. The van der Waals surface area contributed by atoms with Crippen LogP contribution in [0.2, 0.25) is 0 Å². The summed E-state index contributed by atoms with van der Waals surface area (Å²) < 4.78 is 5.61. The molecule has 1 rings (SSSR count). The molecule has 2 amide bonds.